The summed E-state index contributed by atoms with van der Waals surface area (Å²) in [6.07, 6.45) is 0.983. The Bertz CT molecular complexity index is 909. The van der Waals surface area contributed by atoms with Crippen molar-refractivity contribution in [1.82, 2.24) is 0 Å². The lowest BCUT2D eigenvalue weighted by atomic mass is 10.1. The van der Waals surface area contributed by atoms with Crippen LogP contribution in [-0.4, -0.2) is 39.6 Å². The summed E-state index contributed by atoms with van der Waals surface area (Å²) in [5.74, 6) is -1.87. The molecule has 0 aliphatic heterocycles. The van der Waals surface area contributed by atoms with Crippen molar-refractivity contribution in [1.29, 1.82) is 0 Å². The van der Waals surface area contributed by atoms with Gasteiger partial charge in [0.15, 0.2) is 12.4 Å². The highest BCUT2D eigenvalue weighted by Gasteiger charge is 2.23. The van der Waals surface area contributed by atoms with Crippen molar-refractivity contribution in [2.45, 2.75) is 6.92 Å². The van der Waals surface area contributed by atoms with Gasteiger partial charge in [-0.2, -0.15) is 0 Å². The Hall–Kier alpha value is -2.74. The maximum Gasteiger partial charge on any atom is 0.327 e. The SMILES string of the molecule is Cc1ccccc1N(CC(=O)OCC(=O)c1ccc(F)cc1)S(C)(=O)=O. The van der Waals surface area contributed by atoms with Crippen molar-refractivity contribution in [3.8, 4) is 0 Å². The van der Waals surface area contributed by atoms with Crippen LogP contribution in [0.1, 0.15) is 15.9 Å². The molecule has 0 bridgehead atoms. The minimum atomic E-state index is -3.73. The molecular formula is C18H18FNO5S. The summed E-state index contributed by atoms with van der Waals surface area (Å²) in [7, 11) is -3.73. The fourth-order valence-corrected chi connectivity index (χ4v) is 3.15. The molecule has 0 saturated carbocycles. The summed E-state index contributed by atoms with van der Waals surface area (Å²) in [6, 6.07) is 11.5. The van der Waals surface area contributed by atoms with Crippen molar-refractivity contribution in [2.75, 3.05) is 23.7 Å². The Labute approximate surface area is 151 Å². The van der Waals surface area contributed by atoms with Crippen LogP contribution in [0, 0.1) is 12.7 Å². The molecule has 138 valence electrons. The van der Waals surface area contributed by atoms with Crippen LogP contribution in [0.2, 0.25) is 0 Å². The molecule has 0 amide bonds. The number of carbonyl (C=O) groups excluding carboxylic acids is 2. The number of esters is 1. The van der Waals surface area contributed by atoms with Gasteiger partial charge in [0, 0.05) is 5.56 Å². The second kappa shape index (κ2) is 8.09. The number of para-hydroxylation sites is 1. The largest absolute Gasteiger partial charge is 0.456 e. The van der Waals surface area contributed by atoms with Gasteiger partial charge in [-0.3, -0.25) is 13.9 Å². The number of nitrogens with zero attached hydrogens (tertiary/aromatic N) is 1. The predicted octanol–water partition coefficient (Wildman–Crippen LogP) is 2.33. The van der Waals surface area contributed by atoms with E-state index >= 15 is 0 Å². The second-order valence-electron chi connectivity index (χ2n) is 5.65. The summed E-state index contributed by atoms with van der Waals surface area (Å²) in [5.41, 5.74) is 1.22. The minimum absolute atomic E-state index is 0.193. The number of anilines is 1. The number of rotatable bonds is 7. The molecule has 0 aliphatic carbocycles. The number of sulfonamides is 1. The minimum Gasteiger partial charge on any atom is -0.456 e. The third-order valence-corrected chi connectivity index (χ3v) is 4.71. The molecule has 8 heteroatoms. The van der Waals surface area contributed by atoms with Crippen LogP contribution < -0.4 is 4.31 Å². The molecule has 0 aromatic heterocycles. The second-order valence-corrected chi connectivity index (χ2v) is 7.55. The number of ketones is 1. The number of hydrogen-bond donors (Lipinski definition) is 0. The first-order valence-corrected chi connectivity index (χ1v) is 9.51. The maximum atomic E-state index is 12.9. The van der Waals surface area contributed by atoms with E-state index in [1.165, 1.54) is 12.1 Å². The quantitative estimate of drug-likeness (QED) is 0.545. The van der Waals surface area contributed by atoms with E-state index in [1.54, 1.807) is 31.2 Å². The van der Waals surface area contributed by atoms with Crippen molar-refractivity contribution in [2.24, 2.45) is 0 Å². The zero-order valence-electron chi connectivity index (χ0n) is 14.3. The fourth-order valence-electron chi connectivity index (χ4n) is 2.25. The molecule has 0 heterocycles. The first-order valence-electron chi connectivity index (χ1n) is 7.66. The van der Waals surface area contributed by atoms with E-state index in [1.807, 2.05) is 0 Å². The molecule has 2 aromatic rings. The Kier molecular flexibility index (Phi) is 6.10. The number of halogens is 1. The standard InChI is InChI=1S/C18H18FNO5S/c1-13-5-3-4-6-16(13)20(26(2,23)24)11-18(22)25-12-17(21)14-7-9-15(19)10-8-14/h3-10H,11-12H2,1-2H3. The van der Waals surface area contributed by atoms with Gasteiger partial charge in [0.2, 0.25) is 10.0 Å². The lowest BCUT2D eigenvalue weighted by Crippen LogP contribution is -2.36. The van der Waals surface area contributed by atoms with Crippen molar-refractivity contribution in [3.63, 3.8) is 0 Å². The molecule has 0 N–H and O–H groups in total. The summed E-state index contributed by atoms with van der Waals surface area (Å²) >= 11 is 0. The molecule has 26 heavy (non-hydrogen) atoms. The Morgan fingerprint density at radius 2 is 1.69 bits per heavy atom. The molecule has 0 radical (unpaired) electrons. The number of benzene rings is 2. The van der Waals surface area contributed by atoms with Gasteiger partial charge in [-0.1, -0.05) is 18.2 Å². The predicted molar refractivity (Wildman–Crippen MR) is 95.1 cm³/mol. The average molecular weight is 379 g/mol. The summed E-state index contributed by atoms with van der Waals surface area (Å²) in [5, 5.41) is 0. The Balaban J connectivity index is 2.05. The lowest BCUT2D eigenvalue weighted by molar-refractivity contribution is -0.140. The molecule has 0 fully saturated rings. The molecule has 6 nitrogen and oxygen atoms in total. The van der Waals surface area contributed by atoms with E-state index in [0.717, 1.165) is 22.7 Å². The smallest absolute Gasteiger partial charge is 0.327 e. The normalized spacial score (nSPS) is 11.0. The van der Waals surface area contributed by atoms with Crippen molar-refractivity contribution >= 4 is 27.5 Å². The van der Waals surface area contributed by atoms with E-state index in [9.17, 15) is 22.4 Å². The fraction of sp³-hybridized carbons (Fsp3) is 0.222. The zero-order chi connectivity index (χ0) is 19.3. The Morgan fingerprint density at radius 1 is 1.08 bits per heavy atom. The number of Topliss-reactive ketones (excluding diaryl/α,β-unsaturated/α-hetero) is 1. The lowest BCUT2D eigenvalue weighted by Gasteiger charge is -2.23. The average Bonchev–Trinajstić information content (AvgIpc) is 2.58. The third-order valence-electron chi connectivity index (χ3n) is 3.59. The van der Waals surface area contributed by atoms with Crippen molar-refractivity contribution in [3.05, 3.63) is 65.5 Å². The third kappa shape index (κ3) is 5.13. The van der Waals surface area contributed by atoms with E-state index in [4.69, 9.17) is 4.74 Å². The monoisotopic (exact) mass is 379 g/mol. The Morgan fingerprint density at radius 3 is 2.27 bits per heavy atom. The van der Waals surface area contributed by atoms with E-state index < -0.39 is 40.7 Å². The maximum absolute atomic E-state index is 12.9. The molecule has 0 unspecified atom stereocenters. The van der Waals surface area contributed by atoms with Crippen LogP contribution in [0.25, 0.3) is 0 Å². The molecule has 0 saturated heterocycles. The molecule has 0 atom stereocenters. The van der Waals surface area contributed by atoms with Crippen LogP contribution in [0.4, 0.5) is 10.1 Å². The number of hydrogen-bond acceptors (Lipinski definition) is 5. The van der Waals surface area contributed by atoms with Gasteiger partial charge in [-0.15, -0.1) is 0 Å². The first-order chi connectivity index (χ1) is 12.2. The molecule has 2 aromatic carbocycles. The molecule has 0 aliphatic rings. The van der Waals surface area contributed by atoms with Crippen LogP contribution in [0.15, 0.2) is 48.5 Å². The van der Waals surface area contributed by atoms with Gasteiger partial charge in [0.1, 0.15) is 12.4 Å². The topological polar surface area (TPSA) is 80.8 Å². The van der Waals surface area contributed by atoms with Gasteiger partial charge in [0.25, 0.3) is 0 Å². The van der Waals surface area contributed by atoms with Crippen LogP contribution in [-0.2, 0) is 19.6 Å². The van der Waals surface area contributed by atoms with Gasteiger partial charge in [-0.05, 0) is 42.8 Å². The van der Waals surface area contributed by atoms with Gasteiger partial charge < -0.3 is 4.74 Å². The number of ether oxygens (including phenoxy) is 1. The van der Waals surface area contributed by atoms with E-state index in [2.05, 4.69) is 0 Å². The van der Waals surface area contributed by atoms with Crippen LogP contribution in [0.5, 0.6) is 0 Å². The summed E-state index contributed by atoms with van der Waals surface area (Å²) < 4.78 is 42.7. The van der Waals surface area contributed by atoms with E-state index in [-0.39, 0.29) is 5.56 Å². The summed E-state index contributed by atoms with van der Waals surface area (Å²) in [4.78, 5) is 24.0. The number of aryl methyl sites for hydroxylation is 1. The molecule has 0 spiro atoms. The van der Waals surface area contributed by atoms with Gasteiger partial charge >= 0.3 is 5.97 Å². The van der Waals surface area contributed by atoms with E-state index in [0.29, 0.717) is 11.3 Å². The first kappa shape index (κ1) is 19.6. The van der Waals surface area contributed by atoms with Crippen LogP contribution in [0.3, 0.4) is 0 Å². The van der Waals surface area contributed by atoms with Crippen LogP contribution >= 0.6 is 0 Å². The highest BCUT2D eigenvalue weighted by atomic mass is 32.2. The summed E-state index contributed by atoms with van der Waals surface area (Å²) in [6.45, 7) is 0.604. The van der Waals surface area contributed by atoms with Gasteiger partial charge in [0.05, 0.1) is 11.9 Å². The highest BCUT2D eigenvalue weighted by molar-refractivity contribution is 7.92. The number of carbonyl (C=O) groups is 2. The van der Waals surface area contributed by atoms with Gasteiger partial charge in [-0.25, -0.2) is 12.8 Å². The van der Waals surface area contributed by atoms with Crippen molar-refractivity contribution < 1.29 is 27.1 Å². The highest BCUT2D eigenvalue weighted by Crippen LogP contribution is 2.21. The zero-order valence-corrected chi connectivity index (χ0v) is 15.1. The molecule has 2 rings (SSSR count). The molecular weight excluding hydrogens is 361 g/mol.